The molecule has 0 rings (SSSR count). The van der Waals surface area contributed by atoms with Crippen molar-refractivity contribution in [1.82, 2.24) is 0 Å². The summed E-state index contributed by atoms with van der Waals surface area (Å²) < 4.78 is 19.6. The first-order valence-electron chi connectivity index (χ1n) is 8.85. The van der Waals surface area contributed by atoms with Crippen molar-refractivity contribution in [2.24, 2.45) is 0 Å². The number of rotatable bonds is 12. The van der Waals surface area contributed by atoms with Crippen LogP contribution in [0.3, 0.4) is 0 Å². The van der Waals surface area contributed by atoms with Crippen molar-refractivity contribution in [3.8, 4) is 0 Å². The summed E-state index contributed by atoms with van der Waals surface area (Å²) in [6.07, 6.45) is 1.08. The predicted molar refractivity (Wildman–Crippen MR) is 111 cm³/mol. The van der Waals surface area contributed by atoms with E-state index in [4.69, 9.17) is 12.3 Å². The second kappa shape index (κ2) is 9.02. The smallest absolute Gasteiger partial charge is 0.417 e. The van der Waals surface area contributed by atoms with E-state index in [1.54, 1.807) is 0 Å². The second-order valence-corrected chi connectivity index (χ2v) is 26.5. The first-order valence-corrected chi connectivity index (χ1v) is 21.0. The Hall–Kier alpha value is 0.338. The average Bonchev–Trinajstić information content (AvgIpc) is 2.31. The van der Waals surface area contributed by atoms with E-state index >= 15 is 0 Å². The predicted octanol–water partition coefficient (Wildman–Crippen LogP) is 3.18. The first kappa shape index (κ1) is 25.3. The van der Waals surface area contributed by atoms with E-state index in [0.717, 1.165) is 0 Å². The van der Waals surface area contributed by atoms with Gasteiger partial charge in [0.05, 0.1) is 6.61 Å². The van der Waals surface area contributed by atoms with Crippen LogP contribution in [0, 0.1) is 0 Å². The van der Waals surface area contributed by atoms with Gasteiger partial charge in [-0.1, -0.05) is 0 Å². The Balaban J connectivity index is 5.54. The van der Waals surface area contributed by atoms with Crippen LogP contribution in [0.2, 0.25) is 65.0 Å². The van der Waals surface area contributed by atoms with Gasteiger partial charge in [-0.2, -0.15) is 0 Å². The average molecular weight is 427 g/mol. The maximum absolute atomic E-state index is 11.0. The molecule has 10 heteroatoms. The molecule has 0 spiro atoms. The Labute approximate surface area is 157 Å². The minimum Gasteiger partial charge on any atom is -0.417 e. The van der Waals surface area contributed by atoms with Crippen LogP contribution in [0.4, 0.5) is 0 Å². The van der Waals surface area contributed by atoms with Crippen LogP contribution < -0.4 is 0 Å². The molecular formula is C15H38O6Si4. The van der Waals surface area contributed by atoms with Crippen LogP contribution in [0.1, 0.15) is 12.8 Å². The molecule has 25 heavy (non-hydrogen) atoms. The molecule has 0 aliphatic heterocycles. The SMILES string of the molecule is C[Si](C)(C)O[Si](CCCC(O)(C=O)CO)(O[Si](C)(C)C)O[Si](C)(C)C. The van der Waals surface area contributed by atoms with Crippen molar-refractivity contribution in [1.29, 1.82) is 0 Å². The minimum absolute atomic E-state index is 0.168. The summed E-state index contributed by atoms with van der Waals surface area (Å²) in [5.41, 5.74) is -1.70. The van der Waals surface area contributed by atoms with Gasteiger partial charge in [0.25, 0.3) is 0 Å². The minimum atomic E-state index is -2.95. The van der Waals surface area contributed by atoms with E-state index in [1.165, 1.54) is 0 Å². The first-order chi connectivity index (χ1) is 10.9. The van der Waals surface area contributed by atoms with Crippen molar-refractivity contribution in [3.05, 3.63) is 0 Å². The van der Waals surface area contributed by atoms with Gasteiger partial charge in [-0.3, -0.25) is 0 Å². The standard InChI is InChI=1S/C15H38O6Si4/c1-22(2,3)19-25(20-23(4,5)6,21-24(7,8)9)12-10-11-15(18,13-16)14-17/h13,17-18H,10-12,14H2,1-9H3. The molecule has 0 aromatic rings. The van der Waals surface area contributed by atoms with E-state index in [-0.39, 0.29) is 6.42 Å². The van der Waals surface area contributed by atoms with Crippen LogP contribution >= 0.6 is 0 Å². The highest BCUT2D eigenvalue weighted by atomic mass is 28.5. The third-order valence-corrected chi connectivity index (χ3v) is 15.0. The monoisotopic (exact) mass is 426 g/mol. The normalized spacial score (nSPS) is 16.6. The zero-order valence-corrected chi connectivity index (χ0v) is 21.4. The number of aliphatic hydroxyl groups is 2. The number of carbonyl (C=O) groups excluding carboxylic acids is 1. The number of hydrogen-bond donors (Lipinski definition) is 2. The van der Waals surface area contributed by atoms with Gasteiger partial charge in [-0.25, -0.2) is 0 Å². The summed E-state index contributed by atoms with van der Waals surface area (Å²) >= 11 is 0. The van der Waals surface area contributed by atoms with Crippen LogP contribution in [-0.4, -0.2) is 62.5 Å². The fraction of sp³-hybridized carbons (Fsp3) is 0.933. The molecule has 150 valence electrons. The number of hydrogen-bond acceptors (Lipinski definition) is 6. The van der Waals surface area contributed by atoms with Crippen LogP contribution in [0.5, 0.6) is 0 Å². The van der Waals surface area contributed by atoms with E-state index < -0.39 is 46.0 Å². The lowest BCUT2D eigenvalue weighted by molar-refractivity contribution is -0.128. The van der Waals surface area contributed by atoms with Crippen molar-refractivity contribution < 1.29 is 27.4 Å². The lowest BCUT2D eigenvalue weighted by atomic mass is 10.0. The zero-order chi connectivity index (χ0) is 20.2. The molecule has 0 aromatic heterocycles. The Kier molecular flexibility index (Phi) is 9.14. The molecule has 0 saturated heterocycles. The van der Waals surface area contributed by atoms with Crippen molar-refractivity contribution in [3.63, 3.8) is 0 Å². The highest BCUT2D eigenvalue weighted by Gasteiger charge is 2.49. The van der Waals surface area contributed by atoms with Crippen molar-refractivity contribution >= 4 is 40.0 Å². The maximum atomic E-state index is 11.0. The quantitative estimate of drug-likeness (QED) is 0.368. The largest absolute Gasteiger partial charge is 0.469 e. The maximum Gasteiger partial charge on any atom is 0.469 e. The molecule has 0 amide bonds. The third kappa shape index (κ3) is 11.6. The van der Waals surface area contributed by atoms with Crippen molar-refractivity contribution in [2.75, 3.05) is 6.61 Å². The zero-order valence-electron chi connectivity index (χ0n) is 17.4. The number of aldehydes is 1. The fourth-order valence-electron chi connectivity index (χ4n) is 2.40. The Morgan fingerprint density at radius 1 is 0.840 bits per heavy atom. The molecule has 0 aliphatic rings. The van der Waals surface area contributed by atoms with E-state index in [9.17, 15) is 15.0 Å². The highest BCUT2D eigenvalue weighted by molar-refractivity contribution is 6.90. The van der Waals surface area contributed by atoms with Gasteiger partial charge in [-0.05, 0) is 71.8 Å². The Bertz CT molecular complexity index is 386. The van der Waals surface area contributed by atoms with Gasteiger partial charge in [0.1, 0.15) is 5.60 Å². The summed E-state index contributed by atoms with van der Waals surface area (Å²) in [6.45, 7) is 18.5. The van der Waals surface area contributed by atoms with Gasteiger partial charge >= 0.3 is 8.80 Å². The van der Waals surface area contributed by atoms with Crippen LogP contribution in [0.15, 0.2) is 0 Å². The molecule has 0 heterocycles. The van der Waals surface area contributed by atoms with E-state index in [2.05, 4.69) is 58.9 Å². The number of carbonyl (C=O) groups is 1. The van der Waals surface area contributed by atoms with Crippen molar-refractivity contribution in [2.45, 2.75) is 83.4 Å². The molecule has 2 N–H and O–H groups in total. The lowest BCUT2D eigenvalue weighted by Gasteiger charge is -2.43. The molecule has 0 saturated carbocycles. The topological polar surface area (TPSA) is 85.2 Å². The second-order valence-electron chi connectivity index (χ2n) is 9.56. The summed E-state index contributed by atoms with van der Waals surface area (Å²) in [4.78, 5) is 11.0. The lowest BCUT2D eigenvalue weighted by Crippen LogP contribution is -2.60. The molecule has 1 unspecified atom stereocenters. The molecule has 0 radical (unpaired) electrons. The molecule has 0 aliphatic carbocycles. The Morgan fingerprint density at radius 2 is 1.20 bits per heavy atom. The molecular weight excluding hydrogens is 389 g/mol. The summed E-state index contributed by atoms with van der Waals surface area (Å²) in [5, 5.41) is 19.3. The molecule has 6 nitrogen and oxygen atoms in total. The third-order valence-electron chi connectivity index (χ3n) is 2.97. The van der Waals surface area contributed by atoms with Gasteiger partial charge in [0.2, 0.25) is 0 Å². The molecule has 1 atom stereocenters. The number of aliphatic hydroxyl groups excluding tert-OH is 1. The van der Waals surface area contributed by atoms with E-state index in [1.807, 2.05) is 0 Å². The summed E-state index contributed by atoms with van der Waals surface area (Å²) in [7, 11) is -8.74. The van der Waals surface area contributed by atoms with E-state index in [0.29, 0.717) is 18.8 Å². The molecule has 0 fully saturated rings. The van der Waals surface area contributed by atoms with Gasteiger partial charge in [-0.15, -0.1) is 0 Å². The van der Waals surface area contributed by atoms with Gasteiger partial charge in [0, 0.05) is 6.04 Å². The fourth-order valence-corrected chi connectivity index (χ4v) is 17.1. The molecule has 0 bridgehead atoms. The summed E-state index contributed by atoms with van der Waals surface area (Å²) in [5.74, 6) is 0. The van der Waals surface area contributed by atoms with Crippen LogP contribution in [0.25, 0.3) is 0 Å². The van der Waals surface area contributed by atoms with Gasteiger partial charge < -0.3 is 27.4 Å². The molecule has 0 aromatic carbocycles. The van der Waals surface area contributed by atoms with Gasteiger partial charge in [0.15, 0.2) is 31.2 Å². The summed E-state index contributed by atoms with van der Waals surface area (Å²) in [6, 6.07) is 0.544. The highest BCUT2D eigenvalue weighted by Crippen LogP contribution is 2.31. The Morgan fingerprint density at radius 3 is 1.44 bits per heavy atom. The van der Waals surface area contributed by atoms with Crippen LogP contribution in [-0.2, 0) is 17.1 Å².